The van der Waals surface area contributed by atoms with Crippen LogP contribution >= 0.6 is 0 Å². The van der Waals surface area contributed by atoms with Gasteiger partial charge in [0.1, 0.15) is 0 Å². The number of amides is 1. The molecule has 0 spiro atoms. The van der Waals surface area contributed by atoms with Crippen LogP contribution < -0.4 is 11.1 Å². The summed E-state index contributed by atoms with van der Waals surface area (Å²) in [7, 11) is 0. The van der Waals surface area contributed by atoms with Crippen LogP contribution in [0.5, 0.6) is 0 Å². The van der Waals surface area contributed by atoms with E-state index in [9.17, 15) is 9.90 Å². The van der Waals surface area contributed by atoms with Gasteiger partial charge in [0, 0.05) is 25.7 Å². The number of hydrogen-bond acceptors (Lipinski definition) is 4. The second kappa shape index (κ2) is 7.22. The molecule has 3 unspecified atom stereocenters. The molecule has 1 saturated heterocycles. The van der Waals surface area contributed by atoms with Gasteiger partial charge >= 0.3 is 0 Å². The molecule has 3 atom stereocenters. The average Bonchev–Trinajstić information content (AvgIpc) is 2.45. The number of nitrogens with one attached hydrogen (secondary N) is 1. The highest BCUT2D eigenvalue weighted by atomic mass is 16.3. The Bertz CT molecular complexity index is 298. The fourth-order valence-electron chi connectivity index (χ4n) is 3.38. The second-order valence-electron chi connectivity index (χ2n) is 5.83. The predicted molar refractivity (Wildman–Crippen MR) is 74.6 cm³/mol. The first kappa shape index (κ1) is 14.8. The van der Waals surface area contributed by atoms with Crippen molar-refractivity contribution in [3.05, 3.63) is 0 Å². The summed E-state index contributed by atoms with van der Waals surface area (Å²) < 4.78 is 0. The number of carbonyl (C=O) groups excluding carboxylic acids is 1. The Balaban J connectivity index is 1.87. The topological polar surface area (TPSA) is 78.6 Å². The van der Waals surface area contributed by atoms with Crippen LogP contribution in [0.1, 0.15) is 38.5 Å². The Hall–Kier alpha value is -0.650. The first-order valence-electron chi connectivity index (χ1n) is 7.62. The van der Waals surface area contributed by atoms with Crippen molar-refractivity contribution in [1.82, 2.24) is 10.2 Å². The minimum atomic E-state index is -0.209. The van der Waals surface area contributed by atoms with Crippen LogP contribution in [-0.2, 0) is 4.79 Å². The predicted octanol–water partition coefficient (Wildman–Crippen LogP) is 0.0768. The van der Waals surface area contributed by atoms with Gasteiger partial charge < -0.3 is 16.2 Å². The summed E-state index contributed by atoms with van der Waals surface area (Å²) >= 11 is 0. The molecule has 2 rings (SSSR count). The summed E-state index contributed by atoms with van der Waals surface area (Å²) in [5, 5.41) is 13.0. The maximum absolute atomic E-state index is 12.0. The van der Waals surface area contributed by atoms with Gasteiger partial charge in [0.15, 0.2) is 0 Å². The molecule has 19 heavy (non-hydrogen) atoms. The molecule has 5 heteroatoms. The van der Waals surface area contributed by atoms with Gasteiger partial charge in [0.05, 0.1) is 12.0 Å². The third-order valence-electron chi connectivity index (χ3n) is 4.43. The first-order valence-corrected chi connectivity index (χ1v) is 7.62. The highest BCUT2D eigenvalue weighted by Crippen LogP contribution is 2.27. The minimum absolute atomic E-state index is 0.0643. The molecule has 0 aromatic heterocycles. The lowest BCUT2D eigenvalue weighted by Crippen LogP contribution is -2.52. The van der Waals surface area contributed by atoms with Crippen molar-refractivity contribution in [2.75, 3.05) is 26.2 Å². The van der Waals surface area contributed by atoms with Crippen LogP contribution in [-0.4, -0.2) is 54.2 Å². The van der Waals surface area contributed by atoms with E-state index in [1.165, 1.54) is 6.42 Å². The van der Waals surface area contributed by atoms with Gasteiger partial charge in [-0.1, -0.05) is 12.8 Å². The standard InChI is InChI=1S/C14H27N3O2/c15-7-8-16-14(19)11-4-3-9-17(10-11)12-5-1-2-6-13(12)18/h11-13,18H,1-10,15H2,(H,16,19). The Morgan fingerprint density at radius 3 is 2.79 bits per heavy atom. The molecule has 1 amide bonds. The molecule has 0 radical (unpaired) electrons. The number of aliphatic hydroxyl groups excluding tert-OH is 1. The molecule has 2 aliphatic rings. The lowest BCUT2D eigenvalue weighted by Gasteiger charge is -2.41. The lowest BCUT2D eigenvalue weighted by atomic mass is 9.88. The third-order valence-corrected chi connectivity index (χ3v) is 4.43. The molecule has 110 valence electrons. The van der Waals surface area contributed by atoms with Crippen LogP contribution in [0.15, 0.2) is 0 Å². The average molecular weight is 269 g/mol. The zero-order chi connectivity index (χ0) is 13.7. The smallest absolute Gasteiger partial charge is 0.224 e. The van der Waals surface area contributed by atoms with Crippen molar-refractivity contribution in [1.29, 1.82) is 0 Å². The quantitative estimate of drug-likeness (QED) is 0.675. The third kappa shape index (κ3) is 3.91. The van der Waals surface area contributed by atoms with E-state index < -0.39 is 0 Å². The number of rotatable bonds is 4. The van der Waals surface area contributed by atoms with E-state index in [1.54, 1.807) is 0 Å². The molecule has 1 aliphatic carbocycles. The monoisotopic (exact) mass is 269 g/mol. The molecule has 0 bridgehead atoms. The number of likely N-dealkylation sites (tertiary alicyclic amines) is 1. The summed E-state index contributed by atoms with van der Waals surface area (Å²) in [6.07, 6.45) is 6.09. The van der Waals surface area contributed by atoms with Gasteiger partial charge in [-0.25, -0.2) is 0 Å². The summed E-state index contributed by atoms with van der Waals surface area (Å²) in [5.74, 6) is 0.190. The highest BCUT2D eigenvalue weighted by Gasteiger charge is 2.33. The molecule has 1 heterocycles. The summed E-state index contributed by atoms with van der Waals surface area (Å²) in [6, 6.07) is 0.263. The van der Waals surface area contributed by atoms with Crippen molar-refractivity contribution in [2.45, 2.75) is 50.7 Å². The fraction of sp³-hybridized carbons (Fsp3) is 0.929. The fourth-order valence-corrected chi connectivity index (χ4v) is 3.38. The number of carbonyl (C=O) groups is 1. The van der Waals surface area contributed by atoms with Crippen LogP contribution in [0.2, 0.25) is 0 Å². The molecule has 1 aliphatic heterocycles. The lowest BCUT2D eigenvalue weighted by molar-refractivity contribution is -0.127. The second-order valence-corrected chi connectivity index (χ2v) is 5.83. The van der Waals surface area contributed by atoms with E-state index in [2.05, 4.69) is 10.2 Å². The number of nitrogens with zero attached hydrogens (tertiary/aromatic N) is 1. The zero-order valence-electron chi connectivity index (χ0n) is 11.7. The Labute approximate surface area is 115 Å². The number of nitrogens with two attached hydrogens (primary N) is 1. The van der Waals surface area contributed by atoms with Crippen molar-refractivity contribution >= 4 is 5.91 Å². The van der Waals surface area contributed by atoms with Crippen molar-refractivity contribution < 1.29 is 9.90 Å². The van der Waals surface area contributed by atoms with E-state index in [1.807, 2.05) is 0 Å². The largest absolute Gasteiger partial charge is 0.391 e. The van der Waals surface area contributed by atoms with E-state index in [0.29, 0.717) is 13.1 Å². The molecule has 5 nitrogen and oxygen atoms in total. The first-order chi connectivity index (χ1) is 9.22. The maximum atomic E-state index is 12.0. The molecule has 0 aromatic rings. The van der Waals surface area contributed by atoms with Gasteiger partial charge in [-0.05, 0) is 32.2 Å². The molecule has 1 saturated carbocycles. The van der Waals surface area contributed by atoms with E-state index in [-0.39, 0.29) is 24.0 Å². The van der Waals surface area contributed by atoms with Gasteiger partial charge in [-0.15, -0.1) is 0 Å². The van der Waals surface area contributed by atoms with Crippen LogP contribution in [0, 0.1) is 5.92 Å². The van der Waals surface area contributed by atoms with Gasteiger partial charge in [0.25, 0.3) is 0 Å². The van der Waals surface area contributed by atoms with E-state index >= 15 is 0 Å². The maximum Gasteiger partial charge on any atom is 0.224 e. The molecule has 2 fully saturated rings. The Kier molecular flexibility index (Phi) is 5.60. The molecular weight excluding hydrogens is 242 g/mol. The van der Waals surface area contributed by atoms with Gasteiger partial charge in [0.2, 0.25) is 5.91 Å². The number of aliphatic hydroxyl groups is 1. The molecule has 0 aromatic carbocycles. The Morgan fingerprint density at radius 1 is 1.26 bits per heavy atom. The van der Waals surface area contributed by atoms with Crippen LogP contribution in [0.4, 0.5) is 0 Å². The van der Waals surface area contributed by atoms with Gasteiger partial charge in [-0.3, -0.25) is 9.69 Å². The highest BCUT2D eigenvalue weighted by molar-refractivity contribution is 5.78. The molecule has 4 N–H and O–H groups in total. The van der Waals surface area contributed by atoms with Crippen LogP contribution in [0.3, 0.4) is 0 Å². The van der Waals surface area contributed by atoms with Crippen LogP contribution in [0.25, 0.3) is 0 Å². The molecular formula is C14H27N3O2. The normalized spacial score (nSPS) is 33.1. The van der Waals surface area contributed by atoms with Crippen molar-refractivity contribution in [2.24, 2.45) is 11.7 Å². The SMILES string of the molecule is NCCNC(=O)C1CCCN(C2CCCCC2O)C1. The van der Waals surface area contributed by atoms with E-state index in [4.69, 9.17) is 5.73 Å². The van der Waals surface area contributed by atoms with Crippen molar-refractivity contribution in [3.63, 3.8) is 0 Å². The Morgan fingerprint density at radius 2 is 2.05 bits per heavy atom. The summed E-state index contributed by atoms with van der Waals surface area (Å²) in [6.45, 7) is 2.85. The minimum Gasteiger partial charge on any atom is -0.391 e. The summed E-state index contributed by atoms with van der Waals surface area (Å²) in [4.78, 5) is 14.3. The zero-order valence-corrected chi connectivity index (χ0v) is 11.7. The number of hydrogen-bond donors (Lipinski definition) is 3. The van der Waals surface area contributed by atoms with E-state index in [0.717, 1.165) is 45.2 Å². The van der Waals surface area contributed by atoms with Crippen molar-refractivity contribution in [3.8, 4) is 0 Å². The number of piperidine rings is 1. The van der Waals surface area contributed by atoms with Gasteiger partial charge in [-0.2, -0.15) is 0 Å². The summed E-state index contributed by atoms with van der Waals surface area (Å²) in [5.41, 5.74) is 5.41.